The maximum Gasteiger partial charge on any atom is 0.335 e. The summed E-state index contributed by atoms with van der Waals surface area (Å²) in [5.74, 6) is -1.06. The Labute approximate surface area is 87.4 Å². The zero-order valence-electron chi connectivity index (χ0n) is 8.32. The maximum atomic E-state index is 10.8. The van der Waals surface area contributed by atoms with Crippen molar-refractivity contribution in [3.63, 3.8) is 0 Å². The Morgan fingerprint density at radius 1 is 1.53 bits per heavy atom. The maximum absolute atomic E-state index is 10.8. The normalized spacial score (nSPS) is 9.67. The van der Waals surface area contributed by atoms with Crippen molar-refractivity contribution in [2.45, 2.75) is 20.0 Å². The highest BCUT2D eigenvalue weighted by Crippen LogP contribution is 2.18. The molecule has 0 heterocycles. The Balaban J connectivity index is 3.44. The predicted molar refractivity (Wildman–Crippen MR) is 53.4 cm³/mol. The summed E-state index contributed by atoms with van der Waals surface area (Å²) in [6.45, 7) is 1.60. The van der Waals surface area contributed by atoms with Gasteiger partial charge in [0.1, 0.15) is 0 Å². The molecule has 4 nitrogen and oxygen atoms in total. The molecule has 0 fully saturated rings. The van der Waals surface area contributed by atoms with Crippen molar-refractivity contribution < 1.29 is 15.0 Å². The van der Waals surface area contributed by atoms with E-state index in [0.29, 0.717) is 17.5 Å². The molecule has 1 aromatic rings. The monoisotopic (exact) mass is 205 g/mol. The van der Waals surface area contributed by atoms with E-state index in [2.05, 4.69) is 0 Å². The third-order valence-corrected chi connectivity index (χ3v) is 2.25. The molecule has 0 aromatic heterocycles. The Morgan fingerprint density at radius 3 is 2.60 bits per heavy atom. The molecule has 1 aromatic carbocycles. The number of carboxylic acid groups (broad SMARTS) is 1. The zero-order valence-corrected chi connectivity index (χ0v) is 8.32. The summed E-state index contributed by atoms with van der Waals surface area (Å²) in [5, 5.41) is 26.7. The van der Waals surface area contributed by atoms with Gasteiger partial charge in [0, 0.05) is 0 Å². The average Bonchev–Trinajstić information content (AvgIpc) is 2.26. The number of aliphatic hydroxyl groups is 1. The van der Waals surface area contributed by atoms with E-state index in [4.69, 9.17) is 15.5 Å². The summed E-state index contributed by atoms with van der Waals surface area (Å²) in [5.41, 5.74) is 1.54. The summed E-state index contributed by atoms with van der Waals surface area (Å²) in [6, 6.07) is 4.67. The zero-order chi connectivity index (χ0) is 11.4. The van der Waals surface area contributed by atoms with E-state index in [0.717, 1.165) is 0 Å². The smallest absolute Gasteiger partial charge is 0.335 e. The number of nitriles is 1. The lowest BCUT2D eigenvalue weighted by Crippen LogP contribution is -2.03. The first-order valence-electron chi connectivity index (χ1n) is 4.54. The largest absolute Gasteiger partial charge is 0.478 e. The van der Waals surface area contributed by atoms with Crippen molar-refractivity contribution in [1.82, 2.24) is 0 Å². The van der Waals surface area contributed by atoms with E-state index in [-0.39, 0.29) is 17.7 Å². The number of hydrogen-bond donors (Lipinski definition) is 2. The van der Waals surface area contributed by atoms with Crippen LogP contribution in [0.3, 0.4) is 0 Å². The Hall–Kier alpha value is -1.86. The van der Waals surface area contributed by atoms with E-state index in [9.17, 15) is 4.79 Å². The van der Waals surface area contributed by atoms with Crippen molar-refractivity contribution in [2.24, 2.45) is 0 Å². The number of benzene rings is 1. The van der Waals surface area contributed by atoms with Crippen LogP contribution >= 0.6 is 0 Å². The lowest BCUT2D eigenvalue weighted by atomic mass is 9.97. The highest BCUT2D eigenvalue weighted by atomic mass is 16.4. The molecule has 0 amide bonds. The van der Waals surface area contributed by atoms with Gasteiger partial charge in [0.2, 0.25) is 0 Å². The van der Waals surface area contributed by atoms with Gasteiger partial charge in [-0.1, -0.05) is 6.92 Å². The standard InChI is InChI=1S/C11H11NO3/c1-2-7-3-8(11(14)15)4-9(5-12)10(7)6-13/h3-4,13H,2,6H2,1H3,(H,14,15). The van der Waals surface area contributed by atoms with E-state index in [1.807, 2.05) is 13.0 Å². The van der Waals surface area contributed by atoms with Crippen molar-refractivity contribution in [2.75, 3.05) is 0 Å². The SMILES string of the molecule is CCc1cc(C(=O)O)cc(C#N)c1CO. The number of aliphatic hydroxyl groups excluding tert-OH is 1. The first-order valence-corrected chi connectivity index (χ1v) is 4.54. The van der Waals surface area contributed by atoms with Gasteiger partial charge in [-0.2, -0.15) is 5.26 Å². The van der Waals surface area contributed by atoms with Gasteiger partial charge in [0.15, 0.2) is 0 Å². The van der Waals surface area contributed by atoms with Gasteiger partial charge in [-0.25, -0.2) is 4.79 Å². The molecule has 0 aliphatic rings. The number of rotatable bonds is 3. The first-order chi connectivity index (χ1) is 7.13. The van der Waals surface area contributed by atoms with Crippen molar-refractivity contribution >= 4 is 5.97 Å². The summed E-state index contributed by atoms with van der Waals surface area (Å²) in [7, 11) is 0. The molecule has 1 rings (SSSR count). The molecule has 0 spiro atoms. The minimum Gasteiger partial charge on any atom is -0.478 e. The lowest BCUT2D eigenvalue weighted by Gasteiger charge is -2.08. The molecule has 0 unspecified atom stereocenters. The Kier molecular flexibility index (Phi) is 3.42. The fraction of sp³-hybridized carbons (Fsp3) is 0.273. The molecular formula is C11H11NO3. The van der Waals surface area contributed by atoms with Crippen LogP contribution < -0.4 is 0 Å². The molecule has 0 aliphatic carbocycles. The molecule has 15 heavy (non-hydrogen) atoms. The first kappa shape index (κ1) is 11.2. The van der Waals surface area contributed by atoms with E-state index in [1.165, 1.54) is 12.1 Å². The van der Waals surface area contributed by atoms with Gasteiger partial charge in [-0.05, 0) is 29.7 Å². The average molecular weight is 205 g/mol. The number of nitrogens with zero attached hydrogens (tertiary/aromatic N) is 1. The van der Waals surface area contributed by atoms with Gasteiger partial charge in [-0.15, -0.1) is 0 Å². The molecule has 78 valence electrons. The summed E-state index contributed by atoms with van der Waals surface area (Å²) in [6.07, 6.45) is 0.589. The highest BCUT2D eigenvalue weighted by Gasteiger charge is 2.12. The molecule has 0 saturated heterocycles. The third kappa shape index (κ3) is 2.14. The number of aryl methyl sites for hydroxylation is 1. The van der Waals surface area contributed by atoms with Crippen molar-refractivity contribution in [3.8, 4) is 6.07 Å². The van der Waals surface area contributed by atoms with Gasteiger partial charge in [-0.3, -0.25) is 0 Å². The molecule has 0 saturated carbocycles. The number of aromatic carboxylic acids is 1. The minimum absolute atomic E-state index is 0.0839. The quantitative estimate of drug-likeness (QED) is 0.779. The summed E-state index contributed by atoms with van der Waals surface area (Å²) >= 11 is 0. The molecule has 0 radical (unpaired) electrons. The van der Waals surface area contributed by atoms with E-state index < -0.39 is 5.97 Å². The second-order valence-corrected chi connectivity index (χ2v) is 3.09. The van der Waals surface area contributed by atoms with Crippen LogP contribution in [0.2, 0.25) is 0 Å². The van der Waals surface area contributed by atoms with Crippen molar-refractivity contribution in [1.29, 1.82) is 5.26 Å². The summed E-state index contributed by atoms with van der Waals surface area (Å²) in [4.78, 5) is 10.8. The van der Waals surface area contributed by atoms with E-state index >= 15 is 0 Å². The number of hydrogen-bond acceptors (Lipinski definition) is 3. The van der Waals surface area contributed by atoms with Crippen LogP contribution in [0.4, 0.5) is 0 Å². The molecular weight excluding hydrogens is 194 g/mol. The fourth-order valence-corrected chi connectivity index (χ4v) is 1.46. The molecule has 0 aliphatic heterocycles. The number of carboxylic acids is 1. The minimum atomic E-state index is -1.06. The molecule has 0 bridgehead atoms. The van der Waals surface area contributed by atoms with Gasteiger partial charge >= 0.3 is 5.97 Å². The second kappa shape index (κ2) is 4.58. The van der Waals surface area contributed by atoms with E-state index in [1.54, 1.807) is 0 Å². The van der Waals surface area contributed by atoms with Crippen LogP contribution in [0.25, 0.3) is 0 Å². The van der Waals surface area contributed by atoms with Crippen molar-refractivity contribution in [3.05, 3.63) is 34.4 Å². The van der Waals surface area contributed by atoms with Crippen LogP contribution in [0.1, 0.15) is 34.0 Å². The van der Waals surface area contributed by atoms with Gasteiger partial charge in [0.25, 0.3) is 0 Å². The highest BCUT2D eigenvalue weighted by molar-refractivity contribution is 5.88. The summed E-state index contributed by atoms with van der Waals surface area (Å²) < 4.78 is 0. The molecule has 4 heteroatoms. The number of carbonyl (C=O) groups is 1. The van der Waals surface area contributed by atoms with Crippen LogP contribution in [-0.2, 0) is 13.0 Å². The second-order valence-electron chi connectivity index (χ2n) is 3.09. The lowest BCUT2D eigenvalue weighted by molar-refractivity contribution is 0.0696. The van der Waals surface area contributed by atoms with Crippen LogP contribution in [0, 0.1) is 11.3 Å². The fourth-order valence-electron chi connectivity index (χ4n) is 1.46. The third-order valence-electron chi connectivity index (χ3n) is 2.25. The van der Waals surface area contributed by atoms with Crippen LogP contribution in [0.15, 0.2) is 12.1 Å². The predicted octanol–water partition coefficient (Wildman–Crippen LogP) is 1.31. The molecule has 2 N–H and O–H groups in total. The van der Waals surface area contributed by atoms with Gasteiger partial charge < -0.3 is 10.2 Å². The topological polar surface area (TPSA) is 81.3 Å². The molecule has 0 atom stereocenters. The van der Waals surface area contributed by atoms with Crippen LogP contribution in [0.5, 0.6) is 0 Å². The Bertz CT molecular complexity index is 432. The van der Waals surface area contributed by atoms with Gasteiger partial charge in [0.05, 0.1) is 23.8 Å². The Morgan fingerprint density at radius 2 is 2.20 bits per heavy atom. The van der Waals surface area contributed by atoms with Crippen LogP contribution in [-0.4, -0.2) is 16.2 Å².